The lowest BCUT2D eigenvalue weighted by atomic mass is 10.0. The fourth-order valence-electron chi connectivity index (χ4n) is 1.73. The van der Waals surface area contributed by atoms with Gasteiger partial charge in [-0.05, 0) is 17.5 Å². The SMILES string of the molecule is CCc1ccc(-c2csc(N)c2C(=O)O)cc1. The maximum Gasteiger partial charge on any atom is 0.339 e. The van der Waals surface area contributed by atoms with Crippen molar-refractivity contribution in [3.63, 3.8) is 0 Å². The van der Waals surface area contributed by atoms with Crippen LogP contribution in [0, 0.1) is 0 Å². The van der Waals surface area contributed by atoms with Crippen molar-refractivity contribution in [3.8, 4) is 11.1 Å². The Morgan fingerprint density at radius 1 is 1.35 bits per heavy atom. The van der Waals surface area contributed by atoms with Gasteiger partial charge < -0.3 is 10.8 Å². The predicted octanol–water partition coefficient (Wildman–Crippen LogP) is 3.26. The predicted molar refractivity (Wildman–Crippen MR) is 70.5 cm³/mol. The normalized spacial score (nSPS) is 10.4. The van der Waals surface area contributed by atoms with Gasteiger partial charge in [0, 0.05) is 10.9 Å². The molecule has 1 heterocycles. The van der Waals surface area contributed by atoms with Gasteiger partial charge in [-0.2, -0.15) is 0 Å². The molecule has 3 nitrogen and oxygen atoms in total. The first-order valence-corrected chi connectivity index (χ1v) is 6.21. The lowest BCUT2D eigenvalue weighted by Crippen LogP contribution is -2.00. The maximum atomic E-state index is 11.1. The Morgan fingerprint density at radius 3 is 2.53 bits per heavy atom. The van der Waals surface area contributed by atoms with Crippen LogP contribution in [0.2, 0.25) is 0 Å². The highest BCUT2D eigenvalue weighted by Crippen LogP contribution is 2.33. The molecule has 0 radical (unpaired) electrons. The highest BCUT2D eigenvalue weighted by molar-refractivity contribution is 7.14. The first-order chi connectivity index (χ1) is 8.13. The number of rotatable bonds is 3. The largest absolute Gasteiger partial charge is 0.478 e. The molecule has 2 rings (SSSR count). The van der Waals surface area contributed by atoms with Gasteiger partial charge in [-0.15, -0.1) is 11.3 Å². The van der Waals surface area contributed by atoms with E-state index in [0.717, 1.165) is 12.0 Å². The lowest BCUT2D eigenvalue weighted by Gasteiger charge is -2.03. The number of carboxylic acids is 1. The second-order valence-electron chi connectivity index (χ2n) is 3.74. The molecule has 3 N–H and O–H groups in total. The number of hydrogen-bond donors (Lipinski definition) is 2. The molecule has 0 spiro atoms. The molecule has 0 amide bonds. The summed E-state index contributed by atoms with van der Waals surface area (Å²) in [6.07, 6.45) is 0.970. The van der Waals surface area contributed by atoms with Crippen molar-refractivity contribution in [2.75, 3.05) is 5.73 Å². The molecule has 0 unspecified atom stereocenters. The minimum Gasteiger partial charge on any atom is -0.478 e. The summed E-state index contributed by atoms with van der Waals surface area (Å²) in [4.78, 5) is 11.1. The summed E-state index contributed by atoms with van der Waals surface area (Å²) in [5, 5.41) is 11.3. The third-order valence-electron chi connectivity index (χ3n) is 2.71. The van der Waals surface area contributed by atoms with E-state index in [2.05, 4.69) is 6.92 Å². The van der Waals surface area contributed by atoms with Crippen molar-refractivity contribution in [3.05, 3.63) is 40.8 Å². The molecule has 0 bridgehead atoms. The zero-order chi connectivity index (χ0) is 12.4. The molecule has 0 aliphatic rings. The van der Waals surface area contributed by atoms with E-state index in [9.17, 15) is 4.79 Å². The third kappa shape index (κ3) is 2.17. The number of anilines is 1. The van der Waals surface area contributed by atoms with E-state index in [1.807, 2.05) is 24.3 Å². The number of carbonyl (C=O) groups is 1. The highest BCUT2D eigenvalue weighted by atomic mass is 32.1. The number of nitrogens with two attached hydrogens (primary N) is 1. The first-order valence-electron chi connectivity index (χ1n) is 5.33. The van der Waals surface area contributed by atoms with Crippen molar-refractivity contribution < 1.29 is 9.90 Å². The summed E-state index contributed by atoms with van der Waals surface area (Å²) in [7, 11) is 0. The molecule has 0 saturated heterocycles. The smallest absolute Gasteiger partial charge is 0.339 e. The van der Waals surface area contributed by atoms with Gasteiger partial charge >= 0.3 is 5.97 Å². The average Bonchev–Trinajstić information content (AvgIpc) is 2.71. The lowest BCUT2D eigenvalue weighted by molar-refractivity contribution is 0.0699. The van der Waals surface area contributed by atoms with Gasteiger partial charge in [0.25, 0.3) is 0 Å². The Morgan fingerprint density at radius 2 is 2.00 bits per heavy atom. The summed E-state index contributed by atoms with van der Waals surface area (Å²) in [5.41, 5.74) is 8.70. The van der Waals surface area contributed by atoms with Gasteiger partial charge in [0.15, 0.2) is 0 Å². The molecule has 88 valence electrons. The molecule has 4 heteroatoms. The molecule has 0 fully saturated rings. The minimum atomic E-state index is -0.974. The molecule has 1 aromatic carbocycles. The fourth-order valence-corrected chi connectivity index (χ4v) is 2.54. The van der Waals surface area contributed by atoms with E-state index in [1.54, 1.807) is 5.38 Å². The van der Waals surface area contributed by atoms with E-state index in [-0.39, 0.29) is 5.56 Å². The summed E-state index contributed by atoms with van der Waals surface area (Å²) < 4.78 is 0. The van der Waals surface area contributed by atoms with Gasteiger partial charge in [0.05, 0.1) is 0 Å². The van der Waals surface area contributed by atoms with Gasteiger partial charge in [0.1, 0.15) is 10.6 Å². The molecule has 2 aromatic rings. The second-order valence-corrected chi connectivity index (χ2v) is 4.66. The Kier molecular flexibility index (Phi) is 3.15. The Labute approximate surface area is 104 Å². The molecule has 0 aliphatic carbocycles. The summed E-state index contributed by atoms with van der Waals surface area (Å²) in [6, 6.07) is 7.89. The molecule has 1 aromatic heterocycles. The van der Waals surface area contributed by atoms with Crippen LogP contribution in [0.4, 0.5) is 5.00 Å². The van der Waals surface area contributed by atoms with Crippen LogP contribution in [0.15, 0.2) is 29.6 Å². The van der Waals surface area contributed by atoms with Crippen LogP contribution in [0.25, 0.3) is 11.1 Å². The number of aryl methyl sites for hydroxylation is 1. The monoisotopic (exact) mass is 247 g/mol. The van der Waals surface area contributed by atoms with Crippen LogP contribution >= 0.6 is 11.3 Å². The average molecular weight is 247 g/mol. The van der Waals surface area contributed by atoms with Crippen molar-refractivity contribution in [1.29, 1.82) is 0 Å². The summed E-state index contributed by atoms with van der Waals surface area (Å²) in [6.45, 7) is 2.08. The summed E-state index contributed by atoms with van der Waals surface area (Å²) >= 11 is 1.26. The van der Waals surface area contributed by atoms with Crippen molar-refractivity contribution in [2.24, 2.45) is 0 Å². The maximum absolute atomic E-state index is 11.1. The van der Waals surface area contributed by atoms with E-state index < -0.39 is 5.97 Å². The zero-order valence-corrected chi connectivity index (χ0v) is 10.3. The van der Waals surface area contributed by atoms with Crippen molar-refractivity contribution in [1.82, 2.24) is 0 Å². The Hall–Kier alpha value is -1.81. The number of aromatic carboxylic acids is 1. The van der Waals surface area contributed by atoms with E-state index in [0.29, 0.717) is 10.6 Å². The fraction of sp³-hybridized carbons (Fsp3) is 0.154. The van der Waals surface area contributed by atoms with Crippen molar-refractivity contribution in [2.45, 2.75) is 13.3 Å². The molecule has 0 atom stereocenters. The van der Waals surface area contributed by atoms with Crippen LogP contribution in [0.3, 0.4) is 0 Å². The van der Waals surface area contributed by atoms with Gasteiger partial charge in [-0.3, -0.25) is 0 Å². The number of hydrogen-bond acceptors (Lipinski definition) is 3. The topological polar surface area (TPSA) is 63.3 Å². The Balaban J connectivity index is 2.49. The third-order valence-corrected chi connectivity index (χ3v) is 3.52. The van der Waals surface area contributed by atoms with Gasteiger partial charge in [0.2, 0.25) is 0 Å². The quantitative estimate of drug-likeness (QED) is 0.875. The van der Waals surface area contributed by atoms with Gasteiger partial charge in [-0.1, -0.05) is 31.2 Å². The summed E-state index contributed by atoms with van der Waals surface area (Å²) in [5.74, 6) is -0.974. The van der Waals surface area contributed by atoms with Crippen LogP contribution in [-0.4, -0.2) is 11.1 Å². The van der Waals surface area contributed by atoms with Crippen molar-refractivity contribution >= 4 is 22.3 Å². The Bertz CT molecular complexity index is 543. The van der Waals surface area contributed by atoms with Crippen LogP contribution < -0.4 is 5.73 Å². The molecular weight excluding hydrogens is 234 g/mol. The number of benzene rings is 1. The second kappa shape index (κ2) is 4.59. The number of carboxylic acid groups (broad SMARTS) is 1. The number of thiophene rings is 1. The van der Waals surface area contributed by atoms with Crippen LogP contribution in [0.1, 0.15) is 22.8 Å². The first kappa shape index (κ1) is 11.7. The molecule has 0 saturated carbocycles. The standard InChI is InChI=1S/C13H13NO2S/c1-2-8-3-5-9(6-4-8)10-7-17-12(14)11(10)13(15)16/h3-7H,2,14H2,1H3,(H,15,16). The minimum absolute atomic E-state index is 0.208. The zero-order valence-electron chi connectivity index (χ0n) is 9.43. The van der Waals surface area contributed by atoms with Gasteiger partial charge in [-0.25, -0.2) is 4.79 Å². The molecule has 0 aliphatic heterocycles. The number of nitrogen functional groups attached to an aromatic ring is 1. The molecular formula is C13H13NO2S. The van der Waals surface area contributed by atoms with E-state index in [1.165, 1.54) is 16.9 Å². The van der Waals surface area contributed by atoms with E-state index >= 15 is 0 Å². The van der Waals surface area contributed by atoms with Crippen LogP contribution in [0.5, 0.6) is 0 Å². The molecule has 17 heavy (non-hydrogen) atoms. The highest BCUT2D eigenvalue weighted by Gasteiger charge is 2.17. The van der Waals surface area contributed by atoms with E-state index in [4.69, 9.17) is 10.8 Å². The van der Waals surface area contributed by atoms with Crippen LogP contribution in [-0.2, 0) is 6.42 Å².